The minimum absolute atomic E-state index is 0.0319. The molecule has 0 saturated carbocycles. The summed E-state index contributed by atoms with van der Waals surface area (Å²) in [5.74, 6) is 0.104. The van der Waals surface area contributed by atoms with Crippen molar-refractivity contribution in [3.8, 4) is 0 Å². The summed E-state index contributed by atoms with van der Waals surface area (Å²) >= 11 is 5.75. The fraction of sp³-hybridized carbons (Fsp3) is 0.538. The minimum Gasteiger partial charge on any atom is -0.368 e. The molecule has 0 aliphatic carbocycles. The van der Waals surface area contributed by atoms with E-state index >= 15 is 0 Å². The molecule has 118 valence electrons. The molecular formula is C13H17ClF3N3O. The van der Waals surface area contributed by atoms with Crippen LogP contribution in [-0.2, 0) is 11.0 Å². The Kier molecular flexibility index (Phi) is 6.26. The molecule has 0 aliphatic heterocycles. The second kappa shape index (κ2) is 7.49. The van der Waals surface area contributed by atoms with Crippen LogP contribution in [0.3, 0.4) is 0 Å². The quantitative estimate of drug-likeness (QED) is 0.872. The molecule has 0 unspecified atom stereocenters. The van der Waals surface area contributed by atoms with Crippen LogP contribution in [0.25, 0.3) is 0 Å². The van der Waals surface area contributed by atoms with Crippen molar-refractivity contribution >= 4 is 23.3 Å². The number of hydrogen-bond acceptors (Lipinski definition) is 3. The van der Waals surface area contributed by atoms with E-state index in [0.29, 0.717) is 19.3 Å². The van der Waals surface area contributed by atoms with Gasteiger partial charge >= 0.3 is 6.18 Å². The van der Waals surface area contributed by atoms with Gasteiger partial charge in [-0.3, -0.25) is 4.79 Å². The lowest BCUT2D eigenvalue weighted by atomic mass is 10.2. The number of nitrogens with zero attached hydrogens (tertiary/aromatic N) is 2. The number of amides is 1. The molecule has 0 radical (unpaired) electrons. The van der Waals surface area contributed by atoms with Crippen molar-refractivity contribution < 1.29 is 18.0 Å². The van der Waals surface area contributed by atoms with Gasteiger partial charge < -0.3 is 10.2 Å². The summed E-state index contributed by atoms with van der Waals surface area (Å²) in [5.41, 5.74) is -0.905. The monoisotopic (exact) mass is 323 g/mol. The number of rotatable bonds is 6. The average Bonchev–Trinajstić information content (AvgIpc) is 2.40. The zero-order chi connectivity index (χ0) is 16.0. The van der Waals surface area contributed by atoms with Crippen LogP contribution in [0.1, 0.15) is 25.8 Å². The maximum absolute atomic E-state index is 12.5. The fourth-order valence-electron chi connectivity index (χ4n) is 1.75. The smallest absolute Gasteiger partial charge is 0.368 e. The Morgan fingerprint density at radius 3 is 2.48 bits per heavy atom. The lowest BCUT2D eigenvalue weighted by Gasteiger charge is -2.18. The van der Waals surface area contributed by atoms with E-state index in [2.05, 4.69) is 10.3 Å². The van der Waals surface area contributed by atoms with Crippen LogP contribution in [0, 0.1) is 0 Å². The van der Waals surface area contributed by atoms with E-state index in [9.17, 15) is 18.0 Å². The number of carbonyl (C=O) groups excluding carboxylic acids is 1. The molecule has 1 aromatic heterocycles. The molecule has 0 spiro atoms. The van der Waals surface area contributed by atoms with E-state index in [-0.39, 0.29) is 29.7 Å². The maximum Gasteiger partial charge on any atom is 0.417 e. The zero-order valence-corrected chi connectivity index (χ0v) is 12.6. The van der Waals surface area contributed by atoms with E-state index < -0.39 is 11.7 Å². The van der Waals surface area contributed by atoms with Crippen LogP contribution < -0.4 is 5.32 Å². The lowest BCUT2D eigenvalue weighted by Crippen LogP contribution is -2.31. The largest absolute Gasteiger partial charge is 0.417 e. The van der Waals surface area contributed by atoms with Crippen molar-refractivity contribution in [2.24, 2.45) is 0 Å². The maximum atomic E-state index is 12.5. The highest BCUT2D eigenvalue weighted by Crippen LogP contribution is 2.32. The van der Waals surface area contributed by atoms with E-state index in [1.807, 2.05) is 13.8 Å². The van der Waals surface area contributed by atoms with E-state index in [4.69, 9.17) is 11.6 Å². The summed E-state index contributed by atoms with van der Waals surface area (Å²) in [6.07, 6.45) is -3.55. The predicted octanol–water partition coefficient (Wildman–Crippen LogP) is 3.42. The Labute approximate surface area is 126 Å². The molecule has 1 N–H and O–H groups in total. The highest BCUT2D eigenvalue weighted by Gasteiger charge is 2.31. The van der Waals surface area contributed by atoms with Crippen LogP contribution in [0.2, 0.25) is 5.02 Å². The van der Waals surface area contributed by atoms with Crippen LogP contribution in [0.5, 0.6) is 0 Å². The topological polar surface area (TPSA) is 45.2 Å². The number of anilines is 1. The third-order valence-corrected chi connectivity index (χ3v) is 3.20. The number of halogens is 4. The number of alkyl halides is 3. The van der Waals surface area contributed by atoms with Gasteiger partial charge in [-0.05, 0) is 19.9 Å². The van der Waals surface area contributed by atoms with Gasteiger partial charge in [-0.2, -0.15) is 13.2 Å². The molecule has 0 aromatic carbocycles. The molecule has 0 aliphatic rings. The highest BCUT2D eigenvalue weighted by atomic mass is 35.5. The Morgan fingerprint density at radius 2 is 2.00 bits per heavy atom. The predicted molar refractivity (Wildman–Crippen MR) is 75.3 cm³/mol. The summed E-state index contributed by atoms with van der Waals surface area (Å²) in [6, 6.07) is 0.809. The Bertz CT molecular complexity index is 490. The van der Waals surface area contributed by atoms with Crippen LogP contribution in [-0.4, -0.2) is 35.4 Å². The van der Waals surface area contributed by atoms with Crippen molar-refractivity contribution in [2.45, 2.75) is 26.4 Å². The van der Waals surface area contributed by atoms with Gasteiger partial charge in [0.25, 0.3) is 0 Å². The molecule has 0 fully saturated rings. The van der Waals surface area contributed by atoms with Gasteiger partial charge in [-0.15, -0.1) is 0 Å². The summed E-state index contributed by atoms with van der Waals surface area (Å²) in [6.45, 7) is 5.25. The van der Waals surface area contributed by atoms with E-state index in [1.54, 1.807) is 4.90 Å². The summed E-state index contributed by atoms with van der Waals surface area (Å²) in [4.78, 5) is 17.1. The zero-order valence-electron chi connectivity index (χ0n) is 11.8. The van der Waals surface area contributed by atoms with Gasteiger partial charge in [-0.25, -0.2) is 4.98 Å². The first-order valence-electron chi connectivity index (χ1n) is 6.54. The van der Waals surface area contributed by atoms with Crippen molar-refractivity contribution in [2.75, 3.05) is 25.0 Å². The summed E-state index contributed by atoms with van der Waals surface area (Å²) in [7, 11) is 0. The Hall–Kier alpha value is -1.50. The van der Waals surface area contributed by atoms with Gasteiger partial charge in [-0.1, -0.05) is 11.6 Å². The van der Waals surface area contributed by atoms with Crippen molar-refractivity contribution in [3.05, 3.63) is 22.8 Å². The highest BCUT2D eigenvalue weighted by molar-refractivity contribution is 6.32. The van der Waals surface area contributed by atoms with Crippen molar-refractivity contribution in [1.29, 1.82) is 0 Å². The molecule has 8 heteroatoms. The van der Waals surface area contributed by atoms with Gasteiger partial charge in [0.15, 0.2) is 0 Å². The molecule has 4 nitrogen and oxygen atoms in total. The summed E-state index contributed by atoms with van der Waals surface area (Å²) in [5, 5.41) is 2.64. The van der Waals surface area contributed by atoms with E-state index in [1.165, 1.54) is 0 Å². The molecular weight excluding hydrogens is 307 g/mol. The van der Waals surface area contributed by atoms with Crippen LogP contribution >= 0.6 is 11.6 Å². The van der Waals surface area contributed by atoms with E-state index in [0.717, 1.165) is 6.07 Å². The second-order valence-electron chi connectivity index (χ2n) is 4.29. The molecule has 0 atom stereocenters. The Balaban J connectivity index is 2.59. The molecule has 21 heavy (non-hydrogen) atoms. The Morgan fingerprint density at radius 1 is 1.38 bits per heavy atom. The van der Waals surface area contributed by atoms with Gasteiger partial charge in [0, 0.05) is 32.3 Å². The van der Waals surface area contributed by atoms with Gasteiger partial charge in [0.1, 0.15) is 5.82 Å². The average molecular weight is 324 g/mol. The van der Waals surface area contributed by atoms with Gasteiger partial charge in [0.2, 0.25) is 5.91 Å². The number of hydrogen-bond donors (Lipinski definition) is 1. The van der Waals surface area contributed by atoms with Crippen molar-refractivity contribution in [3.63, 3.8) is 0 Å². The number of pyridine rings is 1. The fourth-order valence-corrected chi connectivity index (χ4v) is 1.98. The van der Waals surface area contributed by atoms with Crippen LogP contribution in [0.4, 0.5) is 19.0 Å². The number of nitrogens with one attached hydrogen (secondary N) is 1. The third-order valence-electron chi connectivity index (χ3n) is 2.92. The molecule has 1 rings (SSSR count). The SMILES string of the molecule is CCN(CC)C(=O)CCNc1ncc(C(F)(F)F)cc1Cl. The van der Waals surface area contributed by atoms with Crippen molar-refractivity contribution in [1.82, 2.24) is 9.88 Å². The minimum atomic E-state index is -4.48. The standard InChI is InChI=1S/C13H17ClF3N3O/c1-3-20(4-2)11(21)5-6-18-12-10(14)7-9(8-19-12)13(15,16)17/h7-8H,3-6H2,1-2H3,(H,18,19). The summed E-state index contributed by atoms with van der Waals surface area (Å²) < 4.78 is 37.4. The second-order valence-corrected chi connectivity index (χ2v) is 4.70. The first-order valence-corrected chi connectivity index (χ1v) is 6.91. The third kappa shape index (κ3) is 5.08. The number of aromatic nitrogens is 1. The number of carbonyl (C=O) groups is 1. The molecule has 1 heterocycles. The molecule has 0 saturated heterocycles. The molecule has 0 bridgehead atoms. The first-order chi connectivity index (χ1) is 9.79. The lowest BCUT2D eigenvalue weighted by molar-refractivity contribution is -0.137. The molecule has 1 amide bonds. The molecule has 1 aromatic rings. The first kappa shape index (κ1) is 17.6. The van der Waals surface area contributed by atoms with Crippen LogP contribution in [0.15, 0.2) is 12.3 Å². The van der Waals surface area contributed by atoms with Gasteiger partial charge in [0.05, 0.1) is 10.6 Å². The normalized spacial score (nSPS) is 11.3.